The minimum atomic E-state index is 0.560. The highest BCUT2D eigenvalue weighted by atomic mass is 32.2. The molecular weight excluding hydrogens is 158 g/mol. The quantitative estimate of drug-likeness (QED) is 0.669. The van der Waals surface area contributed by atoms with Gasteiger partial charge in [-0.2, -0.15) is 11.8 Å². The number of hydrogen-bond donors (Lipinski definition) is 1. The van der Waals surface area contributed by atoms with E-state index in [2.05, 4.69) is 15.7 Å². The lowest BCUT2D eigenvalue weighted by atomic mass is 10.5. The van der Waals surface area contributed by atoms with Crippen molar-refractivity contribution in [3.8, 4) is 0 Å². The van der Waals surface area contributed by atoms with Gasteiger partial charge in [-0.3, -0.25) is 0 Å². The third kappa shape index (κ3) is 1.28. The van der Waals surface area contributed by atoms with Gasteiger partial charge in [-0.15, -0.1) is 0 Å². The number of rotatable bonds is 1. The molecule has 0 amide bonds. The highest BCUT2D eigenvalue weighted by molar-refractivity contribution is 7.98. The number of nitrogens with two attached hydrogens (primary N) is 1. The van der Waals surface area contributed by atoms with E-state index in [1.54, 1.807) is 0 Å². The number of fused-ring (bicyclic) bond motifs is 1. The summed E-state index contributed by atoms with van der Waals surface area (Å²) in [6.45, 7) is 1.65. The fraction of sp³-hybridized carbons (Fsp3) is 0.571. The minimum Gasteiger partial charge on any atom is -0.333 e. The van der Waals surface area contributed by atoms with Crippen LogP contribution in [0.1, 0.15) is 11.5 Å². The summed E-state index contributed by atoms with van der Waals surface area (Å²) in [7, 11) is 0. The maximum atomic E-state index is 5.48. The normalized spacial score (nSPS) is 16.5. The van der Waals surface area contributed by atoms with E-state index in [1.807, 2.05) is 11.8 Å². The average Bonchev–Trinajstić information content (AvgIpc) is 2.46. The standard InChI is InChI=1S/C7H11N3S/c8-3-6-4-10-1-2-11-5-7(10)9-6/h4H,1-3,5,8H2. The molecule has 3 nitrogen and oxygen atoms in total. The second kappa shape index (κ2) is 2.87. The molecule has 11 heavy (non-hydrogen) atoms. The van der Waals surface area contributed by atoms with Crippen molar-refractivity contribution >= 4 is 11.8 Å². The number of nitrogens with zero attached hydrogens (tertiary/aromatic N) is 2. The van der Waals surface area contributed by atoms with Gasteiger partial charge in [0.2, 0.25) is 0 Å². The molecular formula is C7H11N3S. The van der Waals surface area contributed by atoms with Crippen LogP contribution in [0.3, 0.4) is 0 Å². The van der Waals surface area contributed by atoms with E-state index in [0.717, 1.165) is 18.0 Å². The largest absolute Gasteiger partial charge is 0.333 e. The zero-order chi connectivity index (χ0) is 7.68. The van der Waals surface area contributed by atoms with E-state index >= 15 is 0 Å². The van der Waals surface area contributed by atoms with Crippen LogP contribution in [-0.2, 0) is 18.8 Å². The van der Waals surface area contributed by atoms with Gasteiger partial charge in [0.25, 0.3) is 0 Å². The van der Waals surface area contributed by atoms with Gasteiger partial charge in [0.1, 0.15) is 5.82 Å². The van der Waals surface area contributed by atoms with Crippen LogP contribution in [0.5, 0.6) is 0 Å². The van der Waals surface area contributed by atoms with E-state index in [4.69, 9.17) is 5.73 Å². The van der Waals surface area contributed by atoms with Crippen molar-refractivity contribution in [2.24, 2.45) is 5.73 Å². The van der Waals surface area contributed by atoms with Gasteiger partial charge in [0.15, 0.2) is 0 Å². The average molecular weight is 169 g/mol. The molecule has 0 atom stereocenters. The van der Waals surface area contributed by atoms with E-state index in [1.165, 1.54) is 11.6 Å². The third-order valence-corrected chi connectivity index (χ3v) is 2.76. The molecule has 2 heterocycles. The minimum absolute atomic E-state index is 0.560. The molecule has 0 aromatic carbocycles. The summed E-state index contributed by atoms with van der Waals surface area (Å²) < 4.78 is 2.21. The molecule has 0 bridgehead atoms. The van der Waals surface area contributed by atoms with Crippen molar-refractivity contribution in [2.75, 3.05) is 5.75 Å². The summed E-state index contributed by atoms with van der Waals surface area (Å²) in [6, 6.07) is 0. The lowest BCUT2D eigenvalue weighted by Crippen LogP contribution is -2.09. The molecule has 1 aromatic heterocycles. The molecule has 0 radical (unpaired) electrons. The van der Waals surface area contributed by atoms with Crippen molar-refractivity contribution < 1.29 is 0 Å². The smallest absolute Gasteiger partial charge is 0.119 e. The Bertz CT molecular complexity index is 233. The summed E-state index contributed by atoms with van der Waals surface area (Å²) in [5.74, 6) is 3.43. The number of aryl methyl sites for hydroxylation is 1. The first kappa shape index (κ1) is 7.18. The second-order valence-corrected chi connectivity index (χ2v) is 3.70. The predicted molar refractivity (Wildman–Crippen MR) is 46.3 cm³/mol. The summed E-state index contributed by atoms with van der Waals surface area (Å²) in [5, 5.41) is 0. The van der Waals surface area contributed by atoms with Crippen LogP contribution in [0.25, 0.3) is 0 Å². The molecule has 0 saturated carbocycles. The van der Waals surface area contributed by atoms with Crippen LogP contribution in [0.2, 0.25) is 0 Å². The molecule has 0 fully saturated rings. The molecule has 1 aliphatic rings. The Morgan fingerprint density at radius 1 is 1.73 bits per heavy atom. The Labute approximate surface area is 70.0 Å². The molecule has 4 heteroatoms. The first-order valence-electron chi connectivity index (χ1n) is 3.73. The molecule has 0 spiro atoms. The van der Waals surface area contributed by atoms with Crippen molar-refractivity contribution in [3.63, 3.8) is 0 Å². The summed E-state index contributed by atoms with van der Waals surface area (Å²) in [5.41, 5.74) is 6.50. The Morgan fingerprint density at radius 2 is 2.64 bits per heavy atom. The lowest BCUT2D eigenvalue weighted by Gasteiger charge is -2.11. The molecule has 0 saturated heterocycles. The van der Waals surface area contributed by atoms with Crippen molar-refractivity contribution in [1.82, 2.24) is 9.55 Å². The number of imidazole rings is 1. The maximum absolute atomic E-state index is 5.48. The molecule has 2 rings (SSSR count). The van der Waals surface area contributed by atoms with Crippen LogP contribution in [0.4, 0.5) is 0 Å². The van der Waals surface area contributed by atoms with Gasteiger partial charge in [-0.05, 0) is 0 Å². The van der Waals surface area contributed by atoms with E-state index < -0.39 is 0 Å². The van der Waals surface area contributed by atoms with Crippen LogP contribution in [0.15, 0.2) is 6.20 Å². The van der Waals surface area contributed by atoms with Gasteiger partial charge in [-0.1, -0.05) is 0 Å². The van der Waals surface area contributed by atoms with E-state index in [0.29, 0.717) is 6.54 Å². The van der Waals surface area contributed by atoms with Gasteiger partial charge >= 0.3 is 0 Å². The van der Waals surface area contributed by atoms with Gasteiger partial charge in [-0.25, -0.2) is 4.98 Å². The van der Waals surface area contributed by atoms with Gasteiger partial charge in [0.05, 0.1) is 11.4 Å². The first-order valence-corrected chi connectivity index (χ1v) is 4.88. The molecule has 60 valence electrons. The topological polar surface area (TPSA) is 43.8 Å². The first-order chi connectivity index (χ1) is 5.40. The fourth-order valence-corrected chi connectivity index (χ4v) is 2.13. The highest BCUT2D eigenvalue weighted by Gasteiger charge is 2.10. The third-order valence-electron chi connectivity index (χ3n) is 1.83. The maximum Gasteiger partial charge on any atom is 0.119 e. The second-order valence-electron chi connectivity index (χ2n) is 2.60. The van der Waals surface area contributed by atoms with Crippen LogP contribution in [0, 0.1) is 0 Å². The Kier molecular flexibility index (Phi) is 1.87. The van der Waals surface area contributed by atoms with Crippen LogP contribution < -0.4 is 5.73 Å². The zero-order valence-corrected chi connectivity index (χ0v) is 7.10. The van der Waals surface area contributed by atoms with E-state index in [9.17, 15) is 0 Å². The van der Waals surface area contributed by atoms with Crippen LogP contribution in [-0.4, -0.2) is 15.3 Å². The number of aromatic nitrogens is 2. The summed E-state index contributed by atoms with van der Waals surface area (Å²) in [4.78, 5) is 4.39. The van der Waals surface area contributed by atoms with Crippen molar-refractivity contribution in [2.45, 2.75) is 18.8 Å². The SMILES string of the molecule is NCc1cn2c(n1)CSCC2. The predicted octanol–water partition coefficient (Wildman–Crippen LogP) is 0.589. The summed E-state index contributed by atoms with van der Waals surface area (Å²) >= 11 is 1.94. The van der Waals surface area contributed by atoms with Gasteiger partial charge < -0.3 is 10.3 Å². The highest BCUT2D eigenvalue weighted by Crippen LogP contribution is 2.18. The molecule has 1 aliphatic heterocycles. The monoisotopic (exact) mass is 169 g/mol. The molecule has 0 unspecified atom stereocenters. The van der Waals surface area contributed by atoms with E-state index in [-0.39, 0.29) is 0 Å². The number of thioether (sulfide) groups is 1. The zero-order valence-electron chi connectivity index (χ0n) is 6.29. The van der Waals surface area contributed by atoms with Gasteiger partial charge in [0, 0.05) is 25.0 Å². The Balaban J connectivity index is 2.32. The molecule has 1 aromatic rings. The van der Waals surface area contributed by atoms with Crippen LogP contribution >= 0.6 is 11.8 Å². The molecule has 2 N–H and O–H groups in total. The molecule has 0 aliphatic carbocycles. The Hall–Kier alpha value is -0.480. The van der Waals surface area contributed by atoms with Crippen molar-refractivity contribution in [3.05, 3.63) is 17.7 Å². The van der Waals surface area contributed by atoms with Crippen molar-refractivity contribution in [1.29, 1.82) is 0 Å². The summed E-state index contributed by atoms with van der Waals surface area (Å²) in [6.07, 6.45) is 2.06. The lowest BCUT2D eigenvalue weighted by molar-refractivity contribution is 0.718. The Morgan fingerprint density at radius 3 is 3.36 bits per heavy atom. The fourth-order valence-electron chi connectivity index (χ4n) is 1.25. The number of hydrogen-bond acceptors (Lipinski definition) is 3.